The van der Waals surface area contributed by atoms with E-state index in [9.17, 15) is 0 Å². The lowest BCUT2D eigenvalue weighted by molar-refractivity contribution is 0.0941. The summed E-state index contributed by atoms with van der Waals surface area (Å²) in [7, 11) is 1.50. The number of aromatic nitrogens is 3. The normalized spacial score (nSPS) is 28.4. The SMILES string of the molecule is COc1nc(NN)nc(NCC2CC3CCC2O3)n1. The first-order valence-corrected chi connectivity index (χ1v) is 6.44. The smallest absolute Gasteiger partial charge is 0.322 e. The molecule has 3 unspecified atom stereocenters. The minimum atomic E-state index is 0.231. The topological polar surface area (TPSA) is 107 Å². The number of hydrogen-bond acceptors (Lipinski definition) is 8. The fourth-order valence-corrected chi connectivity index (χ4v) is 2.77. The van der Waals surface area contributed by atoms with Crippen molar-refractivity contribution < 1.29 is 9.47 Å². The third-order valence-corrected chi connectivity index (χ3v) is 3.68. The summed E-state index contributed by atoms with van der Waals surface area (Å²) in [6.45, 7) is 0.790. The maximum absolute atomic E-state index is 5.81. The van der Waals surface area contributed by atoms with Crippen LogP contribution in [0.3, 0.4) is 0 Å². The van der Waals surface area contributed by atoms with Gasteiger partial charge < -0.3 is 14.8 Å². The first kappa shape index (κ1) is 12.4. The van der Waals surface area contributed by atoms with Gasteiger partial charge >= 0.3 is 6.01 Å². The number of fused-ring (bicyclic) bond motifs is 2. The molecule has 0 aliphatic carbocycles. The number of nitrogen functional groups attached to an aromatic ring is 1. The molecule has 19 heavy (non-hydrogen) atoms. The summed E-state index contributed by atoms with van der Waals surface area (Å²) in [6, 6.07) is 0.231. The van der Waals surface area contributed by atoms with Crippen LogP contribution in [0.5, 0.6) is 6.01 Å². The molecule has 0 spiro atoms. The quantitative estimate of drug-likeness (QED) is 0.510. The van der Waals surface area contributed by atoms with Crippen molar-refractivity contribution in [2.75, 3.05) is 24.4 Å². The second kappa shape index (κ2) is 5.14. The van der Waals surface area contributed by atoms with Gasteiger partial charge in [-0.25, -0.2) is 5.84 Å². The van der Waals surface area contributed by atoms with Crippen molar-refractivity contribution in [2.45, 2.75) is 31.5 Å². The number of ether oxygens (including phenoxy) is 2. The molecule has 0 amide bonds. The minimum Gasteiger partial charge on any atom is -0.467 e. The van der Waals surface area contributed by atoms with Crippen molar-refractivity contribution in [3.05, 3.63) is 0 Å². The Morgan fingerprint density at radius 2 is 2.16 bits per heavy atom. The van der Waals surface area contributed by atoms with Gasteiger partial charge in [0.2, 0.25) is 11.9 Å². The molecule has 4 N–H and O–H groups in total. The van der Waals surface area contributed by atoms with E-state index in [-0.39, 0.29) is 12.0 Å². The van der Waals surface area contributed by atoms with Crippen LogP contribution in [0.25, 0.3) is 0 Å². The molecule has 1 aromatic rings. The lowest BCUT2D eigenvalue weighted by Crippen LogP contribution is -2.25. The van der Waals surface area contributed by atoms with Gasteiger partial charge in [-0.15, -0.1) is 0 Å². The van der Waals surface area contributed by atoms with Crippen LogP contribution >= 0.6 is 0 Å². The molecule has 2 bridgehead atoms. The van der Waals surface area contributed by atoms with Crippen molar-refractivity contribution in [1.29, 1.82) is 0 Å². The van der Waals surface area contributed by atoms with Gasteiger partial charge in [-0.2, -0.15) is 15.0 Å². The van der Waals surface area contributed by atoms with Gasteiger partial charge in [-0.05, 0) is 19.3 Å². The van der Waals surface area contributed by atoms with Gasteiger partial charge in [-0.3, -0.25) is 5.43 Å². The third-order valence-electron chi connectivity index (χ3n) is 3.68. The van der Waals surface area contributed by atoms with Crippen LogP contribution in [0.2, 0.25) is 0 Å². The first-order valence-electron chi connectivity index (χ1n) is 6.44. The van der Waals surface area contributed by atoms with E-state index in [1.165, 1.54) is 13.5 Å². The van der Waals surface area contributed by atoms with E-state index in [1.807, 2.05) is 0 Å². The maximum Gasteiger partial charge on any atom is 0.322 e. The summed E-state index contributed by atoms with van der Waals surface area (Å²) >= 11 is 0. The standard InChI is InChI=1S/C11H18N6O2/c1-18-11-15-9(14-10(16-11)17-12)13-5-6-4-7-2-3-8(6)19-7/h6-8H,2-5,12H2,1H3,(H2,13,14,15,16,17). The summed E-state index contributed by atoms with van der Waals surface area (Å²) in [5.74, 6) is 6.56. The second-order valence-corrected chi connectivity index (χ2v) is 4.86. The summed E-state index contributed by atoms with van der Waals surface area (Å²) in [5, 5.41) is 3.20. The Morgan fingerprint density at radius 1 is 1.32 bits per heavy atom. The first-order chi connectivity index (χ1) is 9.28. The van der Waals surface area contributed by atoms with Crippen molar-refractivity contribution >= 4 is 11.9 Å². The fourth-order valence-electron chi connectivity index (χ4n) is 2.77. The highest BCUT2D eigenvalue weighted by molar-refractivity contribution is 5.35. The zero-order valence-corrected chi connectivity index (χ0v) is 10.8. The molecule has 3 heterocycles. The number of rotatable bonds is 5. The molecule has 2 aliphatic heterocycles. The predicted molar refractivity (Wildman–Crippen MR) is 68.7 cm³/mol. The Morgan fingerprint density at radius 3 is 2.79 bits per heavy atom. The number of nitrogens with one attached hydrogen (secondary N) is 2. The Labute approximate surface area is 111 Å². The molecule has 2 saturated heterocycles. The van der Waals surface area contributed by atoms with Crippen molar-refractivity contribution in [3.8, 4) is 6.01 Å². The van der Waals surface area contributed by atoms with Crippen LogP contribution in [0.4, 0.5) is 11.9 Å². The predicted octanol–water partition coefficient (Wildman–Crippen LogP) is 0.145. The van der Waals surface area contributed by atoms with Crippen LogP contribution < -0.4 is 21.3 Å². The molecule has 0 aromatic carbocycles. The highest BCUT2D eigenvalue weighted by Crippen LogP contribution is 2.38. The average Bonchev–Trinajstić information content (AvgIpc) is 3.07. The summed E-state index contributed by atoms with van der Waals surface area (Å²) < 4.78 is 10.8. The lowest BCUT2D eigenvalue weighted by Gasteiger charge is -2.18. The maximum atomic E-state index is 5.81. The number of nitrogens with zero attached hydrogens (tertiary/aromatic N) is 3. The molecule has 0 radical (unpaired) electrons. The molecule has 104 valence electrons. The van der Waals surface area contributed by atoms with Crippen LogP contribution in [0.1, 0.15) is 19.3 Å². The monoisotopic (exact) mass is 266 g/mol. The summed E-state index contributed by atoms with van der Waals surface area (Å²) in [5.41, 5.74) is 2.39. The molecule has 0 saturated carbocycles. The summed E-state index contributed by atoms with van der Waals surface area (Å²) in [6.07, 6.45) is 4.30. The average molecular weight is 266 g/mol. The largest absolute Gasteiger partial charge is 0.467 e. The number of hydrogen-bond donors (Lipinski definition) is 3. The minimum absolute atomic E-state index is 0.231. The van der Waals surface area contributed by atoms with Crippen molar-refractivity contribution in [3.63, 3.8) is 0 Å². The number of anilines is 2. The van der Waals surface area contributed by atoms with E-state index in [2.05, 4.69) is 25.7 Å². The molecule has 8 heteroatoms. The third kappa shape index (κ3) is 2.54. The molecular weight excluding hydrogens is 248 g/mol. The molecule has 3 rings (SSSR count). The van der Waals surface area contributed by atoms with Gasteiger partial charge in [0, 0.05) is 12.5 Å². The molecular formula is C11H18N6O2. The van der Waals surface area contributed by atoms with E-state index < -0.39 is 0 Å². The molecule has 8 nitrogen and oxygen atoms in total. The molecule has 1 aromatic heterocycles. The number of nitrogens with two attached hydrogens (primary N) is 1. The highest BCUT2D eigenvalue weighted by atomic mass is 16.5. The van der Waals surface area contributed by atoms with Gasteiger partial charge in [0.05, 0.1) is 19.3 Å². The van der Waals surface area contributed by atoms with Gasteiger partial charge in [-0.1, -0.05) is 0 Å². The van der Waals surface area contributed by atoms with Crippen LogP contribution in [-0.4, -0.2) is 40.8 Å². The fraction of sp³-hybridized carbons (Fsp3) is 0.727. The Balaban J connectivity index is 1.63. The second-order valence-electron chi connectivity index (χ2n) is 4.86. The Bertz CT molecular complexity index is 435. The summed E-state index contributed by atoms with van der Waals surface area (Å²) in [4.78, 5) is 12.2. The van der Waals surface area contributed by atoms with E-state index >= 15 is 0 Å². The van der Waals surface area contributed by atoms with Crippen LogP contribution in [-0.2, 0) is 4.74 Å². The Hall–Kier alpha value is -1.67. The number of methoxy groups -OCH3 is 1. The van der Waals surface area contributed by atoms with Crippen LogP contribution in [0.15, 0.2) is 0 Å². The van der Waals surface area contributed by atoms with E-state index in [4.69, 9.17) is 15.3 Å². The zero-order chi connectivity index (χ0) is 13.2. The lowest BCUT2D eigenvalue weighted by atomic mass is 9.89. The van der Waals surface area contributed by atoms with Crippen LogP contribution in [0, 0.1) is 5.92 Å². The van der Waals surface area contributed by atoms with Gasteiger partial charge in [0.1, 0.15) is 0 Å². The molecule has 3 atom stereocenters. The Kier molecular flexibility index (Phi) is 3.34. The molecule has 2 fully saturated rings. The molecule has 2 aliphatic rings. The van der Waals surface area contributed by atoms with Crippen molar-refractivity contribution in [2.24, 2.45) is 11.8 Å². The number of hydrazine groups is 1. The van der Waals surface area contributed by atoms with E-state index in [0.717, 1.165) is 19.4 Å². The van der Waals surface area contributed by atoms with E-state index in [1.54, 1.807) is 0 Å². The van der Waals surface area contributed by atoms with Crippen molar-refractivity contribution in [1.82, 2.24) is 15.0 Å². The zero-order valence-electron chi connectivity index (χ0n) is 10.8. The van der Waals surface area contributed by atoms with Gasteiger partial charge in [0.15, 0.2) is 0 Å². The van der Waals surface area contributed by atoms with Gasteiger partial charge in [0.25, 0.3) is 0 Å². The highest BCUT2D eigenvalue weighted by Gasteiger charge is 2.40. The van der Waals surface area contributed by atoms with E-state index in [0.29, 0.717) is 24.1 Å².